The molecule has 9 heteroatoms. The van der Waals surface area contributed by atoms with Crippen LogP contribution in [0.5, 0.6) is 11.5 Å². The Bertz CT molecular complexity index is 1340. The molecule has 0 atom stereocenters. The van der Waals surface area contributed by atoms with Crippen molar-refractivity contribution in [3.05, 3.63) is 82.6 Å². The number of rotatable bonds is 4. The highest BCUT2D eigenvalue weighted by Gasteiger charge is 2.48. The molecular formula is C28H27ClF2N4O2. The van der Waals surface area contributed by atoms with Crippen molar-refractivity contribution in [1.29, 1.82) is 0 Å². The molecule has 6 nitrogen and oxygen atoms in total. The summed E-state index contributed by atoms with van der Waals surface area (Å²) in [5, 5.41) is 0.669. The molecule has 0 saturated carbocycles. The predicted molar refractivity (Wildman–Crippen MR) is 139 cm³/mol. The molecule has 0 aliphatic carbocycles. The SMILES string of the molecule is CN1CCC2(CC1)Cc1cc3c(cc1N(Cc1ccncc1)C2=NCc1cccc(Cl)c1)OC(F)(F)O3. The van der Waals surface area contributed by atoms with Crippen molar-refractivity contribution in [2.24, 2.45) is 10.4 Å². The third-order valence-electron chi connectivity index (χ3n) is 7.49. The maximum atomic E-state index is 14.0. The summed E-state index contributed by atoms with van der Waals surface area (Å²) in [4.78, 5) is 13.9. The zero-order chi connectivity index (χ0) is 25.6. The van der Waals surface area contributed by atoms with Crippen LogP contribution in [0.2, 0.25) is 5.02 Å². The summed E-state index contributed by atoms with van der Waals surface area (Å²) in [6, 6.07) is 15.0. The first kappa shape index (κ1) is 24.1. The van der Waals surface area contributed by atoms with E-state index in [9.17, 15) is 8.78 Å². The highest BCUT2D eigenvalue weighted by Crippen LogP contribution is 2.51. The van der Waals surface area contributed by atoms with Gasteiger partial charge in [-0.15, -0.1) is 8.78 Å². The van der Waals surface area contributed by atoms with E-state index < -0.39 is 6.29 Å². The standard InChI is InChI=1S/C28H27ClF2N4O2/c1-34-11-7-27(8-12-34)16-21-14-24-25(37-28(30,31)36-24)15-23(21)35(18-19-5-9-32-10-6-19)26(27)33-17-20-3-2-4-22(29)13-20/h2-6,9-10,13-15H,7-8,11-12,16-18H2,1H3. The summed E-state index contributed by atoms with van der Waals surface area (Å²) < 4.78 is 37.6. The molecule has 1 saturated heterocycles. The Morgan fingerprint density at radius 2 is 1.73 bits per heavy atom. The highest BCUT2D eigenvalue weighted by molar-refractivity contribution is 6.30. The molecule has 4 heterocycles. The summed E-state index contributed by atoms with van der Waals surface area (Å²) in [5.41, 5.74) is 3.60. The molecule has 37 heavy (non-hydrogen) atoms. The molecule has 0 unspecified atom stereocenters. The molecule has 3 aliphatic heterocycles. The monoisotopic (exact) mass is 524 g/mol. The van der Waals surface area contributed by atoms with E-state index >= 15 is 0 Å². The largest absolute Gasteiger partial charge is 0.586 e. The Labute approximate surface area is 219 Å². The van der Waals surface area contributed by atoms with Gasteiger partial charge in [-0.2, -0.15) is 0 Å². The van der Waals surface area contributed by atoms with E-state index in [2.05, 4.69) is 21.8 Å². The average Bonchev–Trinajstić information content (AvgIpc) is 3.17. The first-order valence-electron chi connectivity index (χ1n) is 12.4. The van der Waals surface area contributed by atoms with E-state index in [1.54, 1.807) is 24.5 Å². The van der Waals surface area contributed by atoms with Gasteiger partial charge in [0.25, 0.3) is 0 Å². The lowest BCUT2D eigenvalue weighted by molar-refractivity contribution is -0.286. The van der Waals surface area contributed by atoms with Crippen LogP contribution in [0.15, 0.2) is 65.9 Å². The van der Waals surface area contributed by atoms with E-state index in [4.69, 9.17) is 26.1 Å². The molecule has 6 rings (SSSR count). The minimum atomic E-state index is -3.67. The van der Waals surface area contributed by atoms with Gasteiger partial charge in [-0.25, -0.2) is 0 Å². The zero-order valence-electron chi connectivity index (χ0n) is 20.5. The molecule has 3 aromatic rings. The third kappa shape index (κ3) is 4.76. The molecule has 0 bridgehead atoms. The van der Waals surface area contributed by atoms with Crippen LogP contribution in [0.1, 0.15) is 29.5 Å². The number of hydrogen-bond donors (Lipinski definition) is 0. The lowest BCUT2D eigenvalue weighted by Gasteiger charge is -2.49. The molecule has 1 aromatic heterocycles. The number of benzene rings is 2. The fourth-order valence-corrected chi connectivity index (χ4v) is 5.81. The van der Waals surface area contributed by atoms with Crippen LogP contribution in [0.25, 0.3) is 0 Å². The Morgan fingerprint density at radius 3 is 2.46 bits per heavy atom. The number of aromatic nitrogens is 1. The Hall–Kier alpha value is -3.23. The van der Waals surface area contributed by atoms with Gasteiger partial charge in [0, 0.05) is 41.1 Å². The fraction of sp³-hybridized carbons (Fsp3) is 0.357. The van der Waals surface area contributed by atoms with Gasteiger partial charge >= 0.3 is 6.29 Å². The molecule has 192 valence electrons. The number of amidine groups is 1. The van der Waals surface area contributed by atoms with Gasteiger partial charge in [0.1, 0.15) is 5.84 Å². The minimum Gasteiger partial charge on any atom is -0.395 e. The summed E-state index contributed by atoms with van der Waals surface area (Å²) in [6.45, 7) is 2.85. The number of fused-ring (bicyclic) bond motifs is 2. The van der Waals surface area contributed by atoms with Gasteiger partial charge in [-0.3, -0.25) is 9.98 Å². The van der Waals surface area contributed by atoms with E-state index in [0.717, 1.165) is 54.1 Å². The van der Waals surface area contributed by atoms with Crippen molar-refractivity contribution in [2.75, 3.05) is 25.0 Å². The lowest BCUT2D eigenvalue weighted by Crippen LogP contribution is -2.53. The van der Waals surface area contributed by atoms with Crippen LogP contribution in [-0.4, -0.2) is 42.2 Å². The van der Waals surface area contributed by atoms with Crippen molar-refractivity contribution < 1.29 is 18.3 Å². The van der Waals surface area contributed by atoms with Crippen molar-refractivity contribution >= 4 is 23.1 Å². The molecular weight excluding hydrogens is 498 g/mol. The number of ether oxygens (including phenoxy) is 2. The first-order chi connectivity index (χ1) is 17.8. The lowest BCUT2D eigenvalue weighted by atomic mass is 9.69. The summed E-state index contributed by atoms with van der Waals surface area (Å²) in [7, 11) is 2.13. The fourth-order valence-electron chi connectivity index (χ4n) is 5.60. The summed E-state index contributed by atoms with van der Waals surface area (Å²) in [6.07, 6.45) is 2.36. The first-order valence-corrected chi connectivity index (χ1v) is 12.8. The number of halogens is 3. The number of anilines is 1. The number of hydrogen-bond acceptors (Lipinski definition) is 5. The number of piperidine rings is 1. The number of alkyl halides is 2. The van der Waals surface area contributed by atoms with E-state index in [-0.39, 0.29) is 16.9 Å². The van der Waals surface area contributed by atoms with Crippen molar-refractivity contribution in [3.63, 3.8) is 0 Å². The molecule has 2 aromatic carbocycles. The second kappa shape index (κ2) is 9.26. The minimum absolute atomic E-state index is 0.0389. The van der Waals surface area contributed by atoms with Gasteiger partial charge in [0.15, 0.2) is 11.5 Å². The Balaban J connectivity index is 1.48. The number of likely N-dealkylation sites (tertiary alicyclic amines) is 1. The Morgan fingerprint density at radius 1 is 1.00 bits per heavy atom. The normalized spacial score (nSPS) is 20.9. The van der Waals surface area contributed by atoms with E-state index in [0.29, 0.717) is 24.5 Å². The Kier molecular flexibility index (Phi) is 6.04. The van der Waals surface area contributed by atoms with Gasteiger partial charge in [0.2, 0.25) is 0 Å². The zero-order valence-corrected chi connectivity index (χ0v) is 21.2. The van der Waals surface area contributed by atoms with Crippen molar-refractivity contribution in [3.8, 4) is 11.5 Å². The van der Waals surface area contributed by atoms with E-state index in [1.807, 2.05) is 36.4 Å². The third-order valence-corrected chi connectivity index (χ3v) is 7.72. The van der Waals surface area contributed by atoms with Crippen molar-refractivity contribution in [2.45, 2.75) is 38.6 Å². The quantitative estimate of drug-likeness (QED) is 0.423. The maximum Gasteiger partial charge on any atom is 0.586 e. The number of pyridine rings is 1. The van der Waals surface area contributed by atoms with Gasteiger partial charge < -0.3 is 19.3 Å². The van der Waals surface area contributed by atoms with Gasteiger partial charge in [-0.1, -0.05) is 23.7 Å². The molecule has 3 aliphatic rings. The van der Waals surface area contributed by atoms with Crippen LogP contribution in [0, 0.1) is 5.41 Å². The van der Waals surface area contributed by atoms with Crippen LogP contribution in [0.3, 0.4) is 0 Å². The second-order valence-corrected chi connectivity index (χ2v) is 10.5. The van der Waals surface area contributed by atoms with E-state index in [1.165, 1.54) is 0 Å². The smallest absolute Gasteiger partial charge is 0.395 e. The highest BCUT2D eigenvalue weighted by atomic mass is 35.5. The molecule has 1 spiro atoms. The molecule has 1 fully saturated rings. The molecule has 0 amide bonds. The maximum absolute atomic E-state index is 14.0. The second-order valence-electron chi connectivity index (χ2n) is 10.1. The number of aliphatic imine (C=N–C) groups is 1. The summed E-state index contributed by atoms with van der Waals surface area (Å²) >= 11 is 6.25. The van der Waals surface area contributed by atoms with Gasteiger partial charge in [0.05, 0.1) is 6.54 Å². The predicted octanol–water partition coefficient (Wildman–Crippen LogP) is 5.93. The van der Waals surface area contributed by atoms with Gasteiger partial charge in [-0.05, 0) is 86.4 Å². The molecule has 0 N–H and O–H groups in total. The van der Waals surface area contributed by atoms with Crippen LogP contribution >= 0.6 is 11.6 Å². The topological polar surface area (TPSA) is 50.2 Å². The average molecular weight is 525 g/mol. The number of nitrogens with zero attached hydrogens (tertiary/aromatic N) is 4. The van der Waals surface area contributed by atoms with Crippen LogP contribution in [0.4, 0.5) is 14.5 Å². The van der Waals surface area contributed by atoms with Crippen molar-refractivity contribution in [1.82, 2.24) is 9.88 Å². The summed E-state index contributed by atoms with van der Waals surface area (Å²) in [5.74, 6) is 1.09. The van der Waals surface area contributed by atoms with Crippen LogP contribution < -0.4 is 14.4 Å². The molecule has 0 radical (unpaired) electrons. The van der Waals surface area contributed by atoms with Crippen LogP contribution in [-0.2, 0) is 19.5 Å².